The van der Waals surface area contributed by atoms with Gasteiger partial charge in [-0.3, -0.25) is 24.4 Å². The molecule has 2 N–H and O–H groups in total. The summed E-state index contributed by atoms with van der Waals surface area (Å²) in [6, 6.07) is 3.55. The van der Waals surface area contributed by atoms with E-state index in [1.165, 1.54) is 12.1 Å². The highest BCUT2D eigenvalue weighted by atomic mass is 79.9. The van der Waals surface area contributed by atoms with Crippen LogP contribution < -0.4 is 10.6 Å². The summed E-state index contributed by atoms with van der Waals surface area (Å²) < 4.78 is 7.54. The summed E-state index contributed by atoms with van der Waals surface area (Å²) in [7, 11) is 0. The van der Waals surface area contributed by atoms with Gasteiger partial charge in [0.05, 0.1) is 31.4 Å². The van der Waals surface area contributed by atoms with Gasteiger partial charge in [-0.05, 0) is 35.8 Å². The summed E-state index contributed by atoms with van der Waals surface area (Å²) in [5, 5.41) is 24.1. The lowest BCUT2D eigenvalue weighted by molar-refractivity contribution is -0.384. The molecule has 3 rings (SSSR count). The first-order chi connectivity index (χ1) is 15.2. The first-order valence-electron chi connectivity index (χ1n) is 9.19. The Morgan fingerprint density at radius 2 is 1.94 bits per heavy atom. The van der Waals surface area contributed by atoms with Gasteiger partial charge >= 0.3 is 11.8 Å². The van der Waals surface area contributed by atoms with Crippen molar-refractivity contribution >= 4 is 45.0 Å². The first-order valence-corrected chi connectivity index (χ1v) is 10.4. The number of aromatic nitrogens is 4. The lowest BCUT2D eigenvalue weighted by Crippen LogP contribution is -2.35. The van der Waals surface area contributed by atoms with Crippen LogP contribution in [0.3, 0.4) is 0 Å². The molecule has 2 aromatic heterocycles. The zero-order valence-corrected chi connectivity index (χ0v) is 19.2. The number of amides is 2. The fourth-order valence-electron chi connectivity index (χ4n) is 2.70. The number of nitrogens with zero attached hydrogens (tertiary/aromatic N) is 5. The summed E-state index contributed by atoms with van der Waals surface area (Å²) in [5.41, 5.74) is 1.41. The van der Waals surface area contributed by atoms with E-state index in [1.54, 1.807) is 4.68 Å². The van der Waals surface area contributed by atoms with E-state index in [-0.39, 0.29) is 47.6 Å². The van der Waals surface area contributed by atoms with Crippen molar-refractivity contribution in [2.75, 3.05) is 13.1 Å². The van der Waals surface area contributed by atoms with E-state index in [2.05, 4.69) is 41.8 Å². The maximum absolute atomic E-state index is 12.2. The molecule has 0 bridgehead atoms. The minimum Gasteiger partial charge on any atom is -0.350 e. The smallest absolute Gasteiger partial charge is 0.316 e. The predicted molar refractivity (Wildman–Crippen MR) is 116 cm³/mol. The average molecular weight is 527 g/mol. The van der Waals surface area contributed by atoms with E-state index in [0.717, 1.165) is 21.9 Å². The molecule has 168 valence electrons. The van der Waals surface area contributed by atoms with E-state index in [1.807, 2.05) is 13.8 Å². The molecule has 0 saturated heterocycles. The van der Waals surface area contributed by atoms with Crippen LogP contribution >= 0.6 is 27.5 Å². The molecule has 14 heteroatoms. The van der Waals surface area contributed by atoms with E-state index >= 15 is 0 Å². The molecule has 0 unspecified atom stereocenters. The molecule has 0 aliphatic rings. The second-order valence-corrected chi connectivity index (χ2v) is 7.79. The summed E-state index contributed by atoms with van der Waals surface area (Å²) in [5.74, 6) is -1.17. The molecule has 0 radical (unpaired) electrons. The fourth-order valence-corrected chi connectivity index (χ4v) is 3.18. The van der Waals surface area contributed by atoms with Gasteiger partial charge in [0, 0.05) is 25.2 Å². The molecule has 2 heterocycles. The van der Waals surface area contributed by atoms with Gasteiger partial charge in [0.25, 0.3) is 11.6 Å². The van der Waals surface area contributed by atoms with Crippen molar-refractivity contribution in [1.82, 2.24) is 30.6 Å². The Bertz CT molecular complexity index is 1190. The second kappa shape index (κ2) is 9.87. The van der Waals surface area contributed by atoms with Crippen LogP contribution in [-0.4, -0.2) is 49.7 Å². The Labute approximate surface area is 194 Å². The Morgan fingerprint density at radius 1 is 1.25 bits per heavy atom. The van der Waals surface area contributed by atoms with Gasteiger partial charge in [0.1, 0.15) is 6.54 Å². The van der Waals surface area contributed by atoms with Crippen LogP contribution in [0.15, 0.2) is 27.2 Å². The normalized spacial score (nSPS) is 10.8. The molecular weight excluding hydrogens is 510 g/mol. The van der Waals surface area contributed by atoms with Crippen molar-refractivity contribution in [3.05, 3.63) is 66.5 Å². The highest BCUT2D eigenvalue weighted by molar-refractivity contribution is 9.10. The molecule has 0 aliphatic heterocycles. The molecule has 0 aliphatic carbocycles. The summed E-state index contributed by atoms with van der Waals surface area (Å²) in [6.07, 6.45) is 0. The van der Waals surface area contributed by atoms with Crippen LogP contribution in [0.4, 0.5) is 5.69 Å². The van der Waals surface area contributed by atoms with E-state index < -0.39 is 16.7 Å². The highest BCUT2D eigenvalue weighted by Crippen LogP contribution is 2.22. The Kier molecular flexibility index (Phi) is 7.20. The third-order valence-corrected chi connectivity index (χ3v) is 5.83. The van der Waals surface area contributed by atoms with Crippen molar-refractivity contribution in [3.63, 3.8) is 0 Å². The summed E-state index contributed by atoms with van der Waals surface area (Å²) in [4.78, 5) is 38.7. The van der Waals surface area contributed by atoms with Crippen molar-refractivity contribution < 1.29 is 19.0 Å². The zero-order chi connectivity index (χ0) is 23.4. The highest BCUT2D eigenvalue weighted by Gasteiger charge is 2.18. The van der Waals surface area contributed by atoms with E-state index in [0.29, 0.717) is 0 Å². The van der Waals surface area contributed by atoms with Crippen molar-refractivity contribution in [3.8, 4) is 0 Å². The standard InChI is InChI=1S/C18H17BrClN7O5/c1-9-15(19)10(2)26(24-9)8-14-23-18(32-25-14)17(29)22-6-5-21-16(28)12-7-11(27(30)31)3-4-13(12)20/h3-4,7H,5-6,8H2,1-2H3,(H,21,28)(H,22,29). The van der Waals surface area contributed by atoms with Gasteiger partial charge in [-0.2, -0.15) is 10.1 Å². The number of nitro benzene ring substituents is 1. The minimum atomic E-state index is -0.625. The number of non-ortho nitro benzene ring substituents is 1. The molecule has 3 aromatic rings. The molecule has 2 amide bonds. The van der Waals surface area contributed by atoms with Crippen LogP contribution in [0.25, 0.3) is 0 Å². The van der Waals surface area contributed by atoms with Crippen LogP contribution in [0.2, 0.25) is 5.02 Å². The third-order valence-electron chi connectivity index (χ3n) is 4.35. The first kappa shape index (κ1) is 23.3. The fraction of sp³-hybridized carbons (Fsp3) is 0.278. The number of halogens is 2. The number of nitrogens with one attached hydrogen (secondary N) is 2. The lowest BCUT2D eigenvalue weighted by Gasteiger charge is -2.07. The van der Waals surface area contributed by atoms with E-state index in [4.69, 9.17) is 16.1 Å². The maximum Gasteiger partial charge on any atom is 0.316 e. The second-order valence-electron chi connectivity index (χ2n) is 6.59. The Balaban J connectivity index is 1.50. The molecular formula is C18H17BrClN7O5. The van der Waals surface area contributed by atoms with Crippen LogP contribution in [0.5, 0.6) is 0 Å². The number of carbonyl (C=O) groups is 2. The van der Waals surface area contributed by atoms with Crippen LogP contribution in [0, 0.1) is 24.0 Å². The quantitative estimate of drug-likeness (QED) is 0.257. The SMILES string of the molecule is Cc1nn(Cc2noc(C(=O)NCCNC(=O)c3cc([N+](=O)[O-])ccc3Cl)n2)c(C)c1Br. The van der Waals surface area contributed by atoms with Crippen molar-refractivity contribution in [2.24, 2.45) is 0 Å². The number of hydrogen-bond acceptors (Lipinski definition) is 8. The van der Waals surface area contributed by atoms with Crippen LogP contribution in [-0.2, 0) is 6.54 Å². The van der Waals surface area contributed by atoms with Crippen molar-refractivity contribution in [2.45, 2.75) is 20.4 Å². The maximum atomic E-state index is 12.2. The number of nitro groups is 1. The van der Waals surface area contributed by atoms with Gasteiger partial charge in [-0.15, -0.1) is 0 Å². The van der Waals surface area contributed by atoms with Gasteiger partial charge in [0.15, 0.2) is 5.82 Å². The van der Waals surface area contributed by atoms with Gasteiger partial charge in [0.2, 0.25) is 0 Å². The third kappa shape index (κ3) is 5.29. The Hall–Kier alpha value is -3.32. The number of benzene rings is 1. The molecule has 0 saturated carbocycles. The summed E-state index contributed by atoms with van der Waals surface area (Å²) in [6.45, 7) is 4.07. The van der Waals surface area contributed by atoms with E-state index in [9.17, 15) is 19.7 Å². The number of rotatable bonds is 8. The molecule has 0 atom stereocenters. The molecule has 1 aromatic carbocycles. The molecule has 32 heavy (non-hydrogen) atoms. The molecule has 0 spiro atoms. The summed E-state index contributed by atoms with van der Waals surface area (Å²) >= 11 is 9.37. The zero-order valence-electron chi connectivity index (χ0n) is 16.9. The topological polar surface area (TPSA) is 158 Å². The number of hydrogen-bond donors (Lipinski definition) is 2. The van der Waals surface area contributed by atoms with Crippen LogP contribution in [0.1, 0.15) is 38.3 Å². The molecule has 12 nitrogen and oxygen atoms in total. The predicted octanol–water partition coefficient (Wildman–Crippen LogP) is 2.42. The average Bonchev–Trinajstić information content (AvgIpc) is 3.32. The van der Waals surface area contributed by atoms with Gasteiger partial charge in [-0.25, -0.2) is 0 Å². The van der Waals surface area contributed by atoms with Gasteiger partial charge < -0.3 is 15.2 Å². The number of carbonyl (C=O) groups excluding carboxylic acids is 2. The number of aryl methyl sites for hydroxylation is 1. The van der Waals surface area contributed by atoms with Gasteiger partial charge in [-0.1, -0.05) is 16.8 Å². The Morgan fingerprint density at radius 3 is 2.56 bits per heavy atom. The van der Waals surface area contributed by atoms with Crippen molar-refractivity contribution in [1.29, 1.82) is 0 Å². The minimum absolute atomic E-state index is 0.0375. The largest absolute Gasteiger partial charge is 0.350 e. The molecule has 0 fully saturated rings. The lowest BCUT2D eigenvalue weighted by atomic mass is 10.2. The monoisotopic (exact) mass is 525 g/mol.